The Morgan fingerprint density at radius 3 is 2.30 bits per heavy atom. The lowest BCUT2D eigenvalue weighted by Gasteiger charge is -2.23. The Labute approximate surface area is 199 Å². The second-order valence-electron chi connectivity index (χ2n) is 7.58. The molecule has 1 saturated heterocycles. The average Bonchev–Trinajstić information content (AvgIpc) is 3.16. The molecule has 0 N–H and O–H groups in total. The molecule has 5 rings (SSSR count). The van der Waals surface area contributed by atoms with Gasteiger partial charge in [-0.05, 0) is 29.8 Å². The number of nitrogens with zero attached hydrogens (tertiary/aromatic N) is 1. The zero-order chi connectivity index (χ0) is 22.9. The molecule has 0 saturated carbocycles. The highest BCUT2D eigenvalue weighted by Gasteiger charge is 2.34. The number of hydrogen-bond donors (Lipinski definition) is 0. The summed E-state index contributed by atoms with van der Waals surface area (Å²) in [6.45, 7) is 0.491. The third-order valence-electron chi connectivity index (χ3n) is 5.41. The molecule has 0 radical (unpaired) electrons. The van der Waals surface area contributed by atoms with E-state index in [1.54, 1.807) is 36.4 Å². The number of rotatable bonds is 4. The summed E-state index contributed by atoms with van der Waals surface area (Å²) in [4.78, 5) is 25.4. The van der Waals surface area contributed by atoms with Crippen LogP contribution in [-0.4, -0.2) is 16.5 Å². The molecule has 33 heavy (non-hydrogen) atoms. The first-order valence-electron chi connectivity index (χ1n) is 10.2. The van der Waals surface area contributed by atoms with Crippen LogP contribution < -0.4 is 0 Å². The lowest BCUT2D eigenvalue weighted by Crippen LogP contribution is -2.29. The molecule has 0 amide bonds. The van der Waals surface area contributed by atoms with Crippen molar-refractivity contribution < 1.29 is 19.1 Å². The van der Waals surface area contributed by atoms with Crippen LogP contribution in [0.1, 0.15) is 23.0 Å². The molecule has 1 aliphatic rings. The molecule has 4 aromatic rings. The third kappa shape index (κ3) is 4.25. The second kappa shape index (κ2) is 8.77. The molecule has 0 unspecified atom stereocenters. The molecular formula is C26H17Cl2NO4. The minimum absolute atomic E-state index is 0.158. The van der Waals surface area contributed by atoms with E-state index in [4.69, 9.17) is 32.7 Å². The summed E-state index contributed by atoms with van der Waals surface area (Å²) in [6.07, 6.45) is 2.32. The van der Waals surface area contributed by atoms with Gasteiger partial charge in [-0.15, -0.1) is 0 Å². The van der Waals surface area contributed by atoms with E-state index in [1.165, 1.54) is 6.08 Å². The van der Waals surface area contributed by atoms with Crippen molar-refractivity contribution in [1.82, 2.24) is 4.57 Å². The van der Waals surface area contributed by atoms with Crippen LogP contribution in [0.5, 0.6) is 0 Å². The van der Waals surface area contributed by atoms with E-state index in [-0.39, 0.29) is 5.57 Å². The van der Waals surface area contributed by atoms with Crippen LogP contribution in [0, 0.1) is 0 Å². The Bertz CT molecular complexity index is 1390. The van der Waals surface area contributed by atoms with Crippen LogP contribution >= 0.6 is 23.2 Å². The van der Waals surface area contributed by atoms with Crippen molar-refractivity contribution in [3.05, 3.63) is 111 Å². The van der Waals surface area contributed by atoms with Gasteiger partial charge in [-0.1, -0.05) is 77.8 Å². The molecule has 1 aliphatic heterocycles. The number of carbonyl (C=O) groups excluding carboxylic acids is 2. The van der Waals surface area contributed by atoms with Gasteiger partial charge in [0.2, 0.25) is 0 Å². The van der Waals surface area contributed by atoms with Crippen LogP contribution in [-0.2, 0) is 25.6 Å². The third-order valence-corrected chi connectivity index (χ3v) is 6.00. The van der Waals surface area contributed by atoms with Crippen LogP contribution in [0.4, 0.5) is 0 Å². The van der Waals surface area contributed by atoms with Crippen molar-refractivity contribution in [3.8, 4) is 0 Å². The first-order valence-corrected chi connectivity index (χ1v) is 11.0. The van der Waals surface area contributed by atoms with Crippen LogP contribution in [0.25, 0.3) is 17.0 Å². The highest BCUT2D eigenvalue weighted by molar-refractivity contribution is 6.35. The van der Waals surface area contributed by atoms with E-state index in [9.17, 15) is 9.59 Å². The summed E-state index contributed by atoms with van der Waals surface area (Å²) in [6, 6.07) is 21.9. The number of ether oxygens (including phenoxy) is 2. The molecule has 164 valence electrons. The number of halogens is 2. The lowest BCUT2D eigenvalue weighted by molar-refractivity contribution is -0.195. The number of cyclic esters (lactones) is 2. The second-order valence-corrected chi connectivity index (χ2v) is 8.42. The first kappa shape index (κ1) is 21.3. The van der Waals surface area contributed by atoms with Gasteiger partial charge >= 0.3 is 11.9 Å². The number of hydrogen-bond acceptors (Lipinski definition) is 4. The molecule has 0 aliphatic carbocycles. The van der Waals surface area contributed by atoms with Crippen LogP contribution in [0.15, 0.2) is 84.6 Å². The quantitative estimate of drug-likeness (QED) is 0.200. The number of carbonyl (C=O) groups is 2. The Morgan fingerprint density at radius 2 is 1.58 bits per heavy atom. The van der Waals surface area contributed by atoms with E-state index in [0.29, 0.717) is 27.7 Å². The van der Waals surface area contributed by atoms with Gasteiger partial charge in [0.1, 0.15) is 5.57 Å². The van der Waals surface area contributed by atoms with Crippen molar-refractivity contribution in [3.63, 3.8) is 0 Å². The fourth-order valence-electron chi connectivity index (χ4n) is 3.80. The fourth-order valence-corrected chi connectivity index (χ4v) is 4.27. The topological polar surface area (TPSA) is 57.5 Å². The summed E-state index contributed by atoms with van der Waals surface area (Å²) in [5, 5.41) is 2.00. The maximum absolute atomic E-state index is 12.7. The summed E-state index contributed by atoms with van der Waals surface area (Å²) >= 11 is 12.4. The van der Waals surface area contributed by atoms with Gasteiger partial charge in [0.25, 0.3) is 6.29 Å². The summed E-state index contributed by atoms with van der Waals surface area (Å²) < 4.78 is 12.8. The number of fused-ring (bicyclic) bond motifs is 1. The van der Waals surface area contributed by atoms with Crippen LogP contribution in [0.3, 0.4) is 0 Å². The van der Waals surface area contributed by atoms with Crippen molar-refractivity contribution >= 4 is 52.1 Å². The molecule has 1 aromatic heterocycles. The average molecular weight is 478 g/mol. The molecule has 1 fully saturated rings. The smallest absolute Gasteiger partial charge is 0.348 e. The lowest BCUT2D eigenvalue weighted by atomic mass is 10.1. The minimum atomic E-state index is -1.06. The number of benzene rings is 3. The standard InChI is InChI=1S/C26H17Cl2NO4/c27-19-11-10-17(22(28)13-19)14-29-15-18(20-8-4-5-9-23(20)29)12-21-24(30)32-26(33-25(21)31)16-6-2-1-3-7-16/h1-13,15,26H,14H2. The Hall–Kier alpha value is -3.54. The predicted molar refractivity (Wildman–Crippen MR) is 127 cm³/mol. The number of para-hydroxylation sites is 1. The van der Waals surface area contributed by atoms with Gasteiger partial charge in [-0.3, -0.25) is 0 Å². The number of esters is 2. The van der Waals surface area contributed by atoms with E-state index < -0.39 is 18.2 Å². The molecule has 2 heterocycles. The maximum atomic E-state index is 12.7. The van der Waals surface area contributed by atoms with Crippen LogP contribution in [0.2, 0.25) is 10.0 Å². The molecule has 5 nitrogen and oxygen atoms in total. The van der Waals surface area contributed by atoms with Crippen molar-refractivity contribution in [2.75, 3.05) is 0 Å². The summed E-state index contributed by atoms with van der Waals surface area (Å²) in [5.41, 5.74) is 2.94. The van der Waals surface area contributed by atoms with Crippen molar-refractivity contribution in [2.24, 2.45) is 0 Å². The molecule has 7 heteroatoms. The summed E-state index contributed by atoms with van der Waals surface area (Å²) in [5.74, 6) is -1.45. The monoisotopic (exact) mass is 477 g/mol. The summed E-state index contributed by atoms with van der Waals surface area (Å²) in [7, 11) is 0. The normalized spacial score (nSPS) is 15.9. The van der Waals surface area contributed by atoms with E-state index in [0.717, 1.165) is 16.5 Å². The fraction of sp³-hybridized carbons (Fsp3) is 0.0769. The highest BCUT2D eigenvalue weighted by Crippen LogP contribution is 2.31. The van der Waals surface area contributed by atoms with Gasteiger partial charge < -0.3 is 14.0 Å². The van der Waals surface area contributed by atoms with Gasteiger partial charge in [-0.25, -0.2) is 9.59 Å². The van der Waals surface area contributed by atoms with E-state index in [2.05, 4.69) is 0 Å². The van der Waals surface area contributed by atoms with Gasteiger partial charge in [0.05, 0.1) is 0 Å². The first-order chi connectivity index (χ1) is 16.0. The van der Waals surface area contributed by atoms with E-state index in [1.807, 2.05) is 47.2 Å². The van der Waals surface area contributed by atoms with Crippen molar-refractivity contribution in [1.29, 1.82) is 0 Å². The SMILES string of the molecule is O=C1OC(c2ccccc2)OC(=O)C1=Cc1cn(Cc2ccc(Cl)cc2Cl)c2ccccc12. The van der Waals surface area contributed by atoms with Crippen molar-refractivity contribution in [2.45, 2.75) is 12.8 Å². The zero-order valence-corrected chi connectivity index (χ0v) is 18.7. The Kier molecular flexibility index (Phi) is 5.67. The van der Waals surface area contributed by atoms with Gasteiger partial charge in [-0.2, -0.15) is 0 Å². The minimum Gasteiger partial charge on any atom is -0.417 e. The number of aromatic nitrogens is 1. The van der Waals surface area contributed by atoms with Gasteiger partial charge in [0, 0.05) is 44.8 Å². The molecule has 3 aromatic carbocycles. The maximum Gasteiger partial charge on any atom is 0.348 e. The molecule has 0 spiro atoms. The van der Waals surface area contributed by atoms with Gasteiger partial charge in [0.15, 0.2) is 0 Å². The Morgan fingerprint density at radius 1 is 0.879 bits per heavy atom. The molecular weight excluding hydrogens is 461 g/mol. The largest absolute Gasteiger partial charge is 0.417 e. The molecule has 0 atom stereocenters. The zero-order valence-electron chi connectivity index (χ0n) is 17.2. The molecule has 0 bridgehead atoms. The highest BCUT2D eigenvalue weighted by atomic mass is 35.5. The predicted octanol–water partition coefficient (Wildman–Crippen LogP) is 6.18. The Balaban J connectivity index is 1.49. The van der Waals surface area contributed by atoms with E-state index >= 15 is 0 Å².